The van der Waals surface area contributed by atoms with Gasteiger partial charge in [-0.25, -0.2) is 4.79 Å². The summed E-state index contributed by atoms with van der Waals surface area (Å²) in [5, 5.41) is 19.4. The molecule has 2 aromatic heterocycles. The summed E-state index contributed by atoms with van der Waals surface area (Å²) in [5.41, 5.74) is 2.23. The smallest absolute Gasteiger partial charge is 0.339 e. The van der Waals surface area contributed by atoms with Crippen LogP contribution in [0.3, 0.4) is 0 Å². The minimum Gasteiger partial charge on any atom is -0.478 e. The number of aromatic carboxylic acids is 1. The molecule has 0 saturated carbocycles. The van der Waals surface area contributed by atoms with Gasteiger partial charge < -0.3 is 15.4 Å². The molecule has 20 heavy (non-hydrogen) atoms. The maximum Gasteiger partial charge on any atom is 0.339 e. The highest BCUT2D eigenvalue weighted by Gasteiger charge is 2.19. The summed E-state index contributed by atoms with van der Waals surface area (Å²) >= 11 is 0. The molecular formula is C13H14N4O3. The summed E-state index contributed by atoms with van der Waals surface area (Å²) < 4.78 is 0. The Morgan fingerprint density at radius 2 is 1.95 bits per heavy atom. The van der Waals surface area contributed by atoms with Crippen molar-refractivity contribution in [3.05, 3.63) is 40.5 Å². The molecule has 7 heteroatoms. The summed E-state index contributed by atoms with van der Waals surface area (Å²) in [5.74, 6) is -1.51. The highest BCUT2D eigenvalue weighted by Crippen LogP contribution is 2.20. The number of aromatic amines is 1. The number of H-pyrrole nitrogens is 1. The first kappa shape index (κ1) is 13.7. The number of nitrogens with one attached hydrogen (secondary N) is 2. The third-order valence-electron chi connectivity index (χ3n) is 2.88. The molecule has 2 heterocycles. The third kappa shape index (κ3) is 2.51. The highest BCUT2D eigenvalue weighted by molar-refractivity contribution is 6.08. The van der Waals surface area contributed by atoms with E-state index < -0.39 is 11.9 Å². The fourth-order valence-corrected chi connectivity index (χ4v) is 1.87. The average molecular weight is 274 g/mol. The Balaban J connectivity index is 2.33. The molecule has 0 aliphatic carbocycles. The van der Waals surface area contributed by atoms with E-state index in [1.54, 1.807) is 26.8 Å². The maximum atomic E-state index is 12.2. The predicted molar refractivity (Wildman–Crippen MR) is 71.9 cm³/mol. The van der Waals surface area contributed by atoms with Gasteiger partial charge in [0.1, 0.15) is 5.56 Å². The van der Waals surface area contributed by atoms with Gasteiger partial charge >= 0.3 is 5.97 Å². The van der Waals surface area contributed by atoms with Gasteiger partial charge in [0.05, 0.1) is 22.6 Å². The van der Waals surface area contributed by atoms with Crippen molar-refractivity contribution in [3.63, 3.8) is 0 Å². The SMILES string of the molecule is Cc1cc(C(=O)Nc2c[nH]c(C)c2C(=O)O)c(C)nn1. The summed E-state index contributed by atoms with van der Waals surface area (Å²) in [6.45, 7) is 5.02. The summed E-state index contributed by atoms with van der Waals surface area (Å²) in [6.07, 6.45) is 1.45. The van der Waals surface area contributed by atoms with E-state index in [4.69, 9.17) is 5.11 Å². The molecule has 0 aliphatic rings. The van der Waals surface area contributed by atoms with Gasteiger partial charge in [-0.05, 0) is 26.8 Å². The monoisotopic (exact) mass is 274 g/mol. The topological polar surface area (TPSA) is 108 Å². The summed E-state index contributed by atoms with van der Waals surface area (Å²) in [6, 6.07) is 1.61. The van der Waals surface area contributed by atoms with E-state index in [9.17, 15) is 9.59 Å². The second-order valence-corrected chi connectivity index (χ2v) is 4.45. The van der Waals surface area contributed by atoms with Crippen LogP contribution in [0.15, 0.2) is 12.3 Å². The van der Waals surface area contributed by atoms with Crippen molar-refractivity contribution in [3.8, 4) is 0 Å². The maximum absolute atomic E-state index is 12.2. The number of carbonyl (C=O) groups is 2. The molecule has 1 amide bonds. The second-order valence-electron chi connectivity index (χ2n) is 4.45. The fraction of sp³-hybridized carbons (Fsp3) is 0.231. The molecule has 0 saturated heterocycles. The van der Waals surface area contributed by atoms with Crippen LogP contribution in [0, 0.1) is 20.8 Å². The van der Waals surface area contributed by atoms with Crippen molar-refractivity contribution in [2.24, 2.45) is 0 Å². The van der Waals surface area contributed by atoms with Crippen molar-refractivity contribution < 1.29 is 14.7 Å². The zero-order valence-corrected chi connectivity index (χ0v) is 11.3. The van der Waals surface area contributed by atoms with E-state index in [-0.39, 0.29) is 11.3 Å². The molecule has 7 nitrogen and oxygen atoms in total. The molecule has 2 rings (SSSR count). The predicted octanol–water partition coefficient (Wildman–Crippen LogP) is 1.68. The van der Waals surface area contributed by atoms with Crippen LogP contribution >= 0.6 is 0 Å². The molecular weight excluding hydrogens is 260 g/mol. The molecule has 0 bridgehead atoms. The minimum absolute atomic E-state index is 0.0507. The number of amides is 1. The quantitative estimate of drug-likeness (QED) is 0.789. The Bertz CT molecular complexity index is 691. The number of hydrogen-bond acceptors (Lipinski definition) is 4. The van der Waals surface area contributed by atoms with Crippen LogP contribution in [-0.2, 0) is 0 Å². The van der Waals surface area contributed by atoms with E-state index >= 15 is 0 Å². The lowest BCUT2D eigenvalue weighted by molar-refractivity contribution is 0.0697. The first-order chi connectivity index (χ1) is 9.40. The van der Waals surface area contributed by atoms with E-state index in [2.05, 4.69) is 20.5 Å². The first-order valence-electron chi connectivity index (χ1n) is 5.93. The molecule has 0 unspecified atom stereocenters. The second kappa shape index (κ2) is 5.12. The summed E-state index contributed by atoms with van der Waals surface area (Å²) in [7, 11) is 0. The van der Waals surface area contributed by atoms with Gasteiger partial charge in [0.25, 0.3) is 5.91 Å². The number of hydrogen-bond donors (Lipinski definition) is 3. The highest BCUT2D eigenvalue weighted by atomic mass is 16.4. The Labute approximate surface area is 115 Å². The Morgan fingerprint density at radius 3 is 2.60 bits per heavy atom. The van der Waals surface area contributed by atoms with Crippen molar-refractivity contribution in [2.75, 3.05) is 5.32 Å². The van der Waals surface area contributed by atoms with Crippen LogP contribution in [0.4, 0.5) is 5.69 Å². The molecule has 104 valence electrons. The van der Waals surface area contributed by atoms with Crippen molar-refractivity contribution in [1.29, 1.82) is 0 Å². The van der Waals surface area contributed by atoms with Crippen LogP contribution in [0.2, 0.25) is 0 Å². The zero-order valence-electron chi connectivity index (χ0n) is 11.3. The van der Waals surface area contributed by atoms with Gasteiger partial charge in [0.2, 0.25) is 0 Å². The van der Waals surface area contributed by atoms with Crippen LogP contribution in [0.25, 0.3) is 0 Å². The molecule has 0 aromatic carbocycles. The third-order valence-corrected chi connectivity index (χ3v) is 2.88. The number of aryl methyl sites for hydroxylation is 3. The van der Waals surface area contributed by atoms with Crippen molar-refractivity contribution in [1.82, 2.24) is 15.2 Å². The van der Waals surface area contributed by atoms with Gasteiger partial charge in [-0.2, -0.15) is 10.2 Å². The lowest BCUT2D eigenvalue weighted by Gasteiger charge is -2.07. The molecule has 0 aliphatic heterocycles. The number of rotatable bonds is 3. The standard InChI is InChI=1S/C13H14N4O3/c1-6-4-9(7(2)17-16-6)12(18)15-10-5-14-8(3)11(10)13(19)20/h4-5,14H,1-3H3,(H,15,18)(H,19,20). The lowest BCUT2D eigenvalue weighted by atomic mass is 10.1. The Morgan fingerprint density at radius 1 is 1.25 bits per heavy atom. The average Bonchev–Trinajstić information content (AvgIpc) is 2.73. The molecule has 0 spiro atoms. The van der Waals surface area contributed by atoms with Crippen LogP contribution in [0.1, 0.15) is 37.8 Å². The van der Waals surface area contributed by atoms with E-state index in [0.29, 0.717) is 22.6 Å². The molecule has 0 atom stereocenters. The van der Waals surface area contributed by atoms with Crippen LogP contribution in [-0.4, -0.2) is 32.2 Å². The van der Waals surface area contributed by atoms with Gasteiger partial charge in [-0.3, -0.25) is 4.79 Å². The van der Waals surface area contributed by atoms with Crippen LogP contribution < -0.4 is 5.32 Å². The van der Waals surface area contributed by atoms with Crippen molar-refractivity contribution >= 4 is 17.6 Å². The van der Waals surface area contributed by atoms with Crippen molar-refractivity contribution in [2.45, 2.75) is 20.8 Å². The zero-order chi connectivity index (χ0) is 14.9. The van der Waals surface area contributed by atoms with Gasteiger partial charge in [0, 0.05) is 11.9 Å². The van der Waals surface area contributed by atoms with Gasteiger partial charge in [-0.1, -0.05) is 0 Å². The first-order valence-corrected chi connectivity index (χ1v) is 5.93. The summed E-state index contributed by atoms with van der Waals surface area (Å²) in [4.78, 5) is 26.1. The Kier molecular flexibility index (Phi) is 3.51. The molecule has 0 radical (unpaired) electrons. The van der Waals surface area contributed by atoms with Crippen LogP contribution in [0.5, 0.6) is 0 Å². The van der Waals surface area contributed by atoms with Gasteiger partial charge in [-0.15, -0.1) is 0 Å². The van der Waals surface area contributed by atoms with E-state index in [0.717, 1.165) is 0 Å². The Hall–Kier alpha value is -2.70. The number of nitrogens with zero attached hydrogens (tertiary/aromatic N) is 2. The lowest BCUT2D eigenvalue weighted by Crippen LogP contribution is -2.16. The number of aromatic nitrogens is 3. The largest absolute Gasteiger partial charge is 0.478 e. The number of carboxylic acids is 1. The van der Waals surface area contributed by atoms with E-state index in [1.165, 1.54) is 6.20 Å². The number of carboxylic acid groups (broad SMARTS) is 1. The van der Waals surface area contributed by atoms with E-state index in [1.807, 2.05) is 0 Å². The number of carbonyl (C=O) groups excluding carboxylic acids is 1. The van der Waals surface area contributed by atoms with Gasteiger partial charge in [0.15, 0.2) is 0 Å². The fourth-order valence-electron chi connectivity index (χ4n) is 1.87. The normalized spacial score (nSPS) is 10.3. The minimum atomic E-state index is -1.10. The molecule has 0 fully saturated rings. The number of anilines is 1. The molecule has 2 aromatic rings. The molecule has 3 N–H and O–H groups in total.